The molecule has 0 radical (unpaired) electrons. The quantitative estimate of drug-likeness (QED) is 0.306. The number of nitrogens with zero attached hydrogens (tertiary/aromatic N) is 1. The zero-order valence-electron chi connectivity index (χ0n) is 21.9. The van der Waals surface area contributed by atoms with Gasteiger partial charge in [-0.25, -0.2) is 4.79 Å². The minimum atomic E-state index is -0.0717. The standard InChI is InChI=1S/C29H41N3O3S/c1-4-5-17-30-28(33)31-36-24-13-15-29(23-11-12-25(34-2)26(20-23)35-3)16-19-32(27(29)21-24)18-14-22-9-7-6-8-10-22/h6-12,20,24,27H,4-5,13-19,21H2,1-3H3,(H2,30,31,33). The number of fused-ring (bicyclic) bond motifs is 1. The van der Waals surface area contributed by atoms with Gasteiger partial charge in [-0.2, -0.15) is 0 Å². The lowest BCUT2D eigenvalue weighted by Crippen LogP contribution is -2.49. The van der Waals surface area contributed by atoms with Gasteiger partial charge in [-0.15, -0.1) is 0 Å². The van der Waals surface area contributed by atoms with Gasteiger partial charge in [0.2, 0.25) is 0 Å². The number of urea groups is 1. The van der Waals surface area contributed by atoms with E-state index < -0.39 is 0 Å². The first-order valence-corrected chi connectivity index (χ1v) is 14.2. The van der Waals surface area contributed by atoms with Gasteiger partial charge < -0.3 is 14.8 Å². The normalized spacial score (nSPS) is 23.6. The van der Waals surface area contributed by atoms with Crippen LogP contribution in [0.1, 0.15) is 56.6 Å². The van der Waals surface area contributed by atoms with Crippen LogP contribution in [-0.2, 0) is 11.8 Å². The van der Waals surface area contributed by atoms with Crippen molar-refractivity contribution in [2.75, 3.05) is 33.9 Å². The largest absolute Gasteiger partial charge is 0.493 e. The summed E-state index contributed by atoms with van der Waals surface area (Å²) in [6, 6.07) is 17.6. The third kappa shape index (κ3) is 6.12. The Bertz CT molecular complexity index is 989. The number of ether oxygens (including phenoxy) is 2. The predicted octanol–water partition coefficient (Wildman–Crippen LogP) is 5.56. The Morgan fingerprint density at radius 3 is 2.67 bits per heavy atom. The molecular formula is C29H41N3O3S. The van der Waals surface area contributed by atoms with Gasteiger partial charge in [0.25, 0.3) is 0 Å². The summed E-state index contributed by atoms with van der Waals surface area (Å²) in [6.07, 6.45) is 7.52. The molecule has 3 atom stereocenters. The molecule has 2 amide bonds. The van der Waals surface area contributed by atoms with Crippen LogP contribution in [0.3, 0.4) is 0 Å². The fourth-order valence-corrected chi connectivity index (χ4v) is 6.80. The second kappa shape index (κ2) is 12.7. The van der Waals surface area contributed by atoms with Crippen LogP contribution >= 0.6 is 11.9 Å². The van der Waals surface area contributed by atoms with E-state index in [-0.39, 0.29) is 11.4 Å². The van der Waals surface area contributed by atoms with Crippen molar-refractivity contribution in [1.82, 2.24) is 14.9 Å². The summed E-state index contributed by atoms with van der Waals surface area (Å²) in [5.41, 5.74) is 2.82. The van der Waals surface area contributed by atoms with Gasteiger partial charge in [0.15, 0.2) is 11.5 Å². The highest BCUT2D eigenvalue weighted by molar-refractivity contribution is 7.98. The zero-order chi connectivity index (χ0) is 25.4. The molecule has 1 aliphatic carbocycles. The highest BCUT2D eigenvalue weighted by atomic mass is 32.2. The van der Waals surface area contributed by atoms with Gasteiger partial charge in [-0.3, -0.25) is 9.62 Å². The number of amides is 2. The first-order valence-electron chi connectivity index (χ1n) is 13.3. The van der Waals surface area contributed by atoms with Gasteiger partial charge in [-0.1, -0.05) is 49.7 Å². The highest BCUT2D eigenvalue weighted by Crippen LogP contribution is 2.51. The molecule has 0 aromatic heterocycles. The van der Waals surface area contributed by atoms with Crippen LogP contribution in [-0.4, -0.2) is 56.1 Å². The number of hydrogen-bond donors (Lipinski definition) is 2. The number of carbonyl (C=O) groups is 1. The lowest BCUT2D eigenvalue weighted by Gasteiger charge is -2.45. The Labute approximate surface area is 220 Å². The first-order chi connectivity index (χ1) is 17.6. The van der Waals surface area contributed by atoms with Gasteiger partial charge in [0.1, 0.15) is 0 Å². The van der Waals surface area contributed by atoms with Crippen molar-refractivity contribution < 1.29 is 14.3 Å². The molecule has 36 heavy (non-hydrogen) atoms. The van der Waals surface area contributed by atoms with E-state index in [4.69, 9.17) is 9.47 Å². The van der Waals surface area contributed by atoms with Crippen LogP contribution in [0.25, 0.3) is 0 Å². The second-order valence-electron chi connectivity index (χ2n) is 9.99. The molecule has 2 fully saturated rings. The zero-order valence-corrected chi connectivity index (χ0v) is 22.7. The van der Waals surface area contributed by atoms with Crippen LogP contribution in [0.5, 0.6) is 11.5 Å². The summed E-state index contributed by atoms with van der Waals surface area (Å²) in [5.74, 6) is 1.57. The molecule has 1 aliphatic heterocycles. The van der Waals surface area contributed by atoms with Gasteiger partial charge >= 0.3 is 6.03 Å². The molecule has 3 unspecified atom stereocenters. The van der Waals surface area contributed by atoms with Crippen LogP contribution in [0.2, 0.25) is 0 Å². The molecule has 6 nitrogen and oxygen atoms in total. The first kappa shape index (κ1) is 26.7. The Hall–Kier alpha value is -2.38. The van der Waals surface area contributed by atoms with E-state index in [0.29, 0.717) is 11.3 Å². The lowest BCUT2D eigenvalue weighted by atomic mass is 9.66. The molecule has 1 saturated heterocycles. The van der Waals surface area contributed by atoms with E-state index in [1.807, 2.05) is 0 Å². The van der Waals surface area contributed by atoms with Crippen LogP contribution in [0.4, 0.5) is 4.79 Å². The van der Waals surface area contributed by atoms with Gasteiger partial charge in [0.05, 0.1) is 14.2 Å². The third-order valence-electron chi connectivity index (χ3n) is 7.95. The maximum absolute atomic E-state index is 12.2. The monoisotopic (exact) mass is 511 g/mol. The maximum atomic E-state index is 12.2. The number of nitrogens with one attached hydrogen (secondary N) is 2. The Kier molecular flexibility index (Phi) is 9.43. The Balaban J connectivity index is 1.50. The minimum absolute atomic E-state index is 0.0717. The average molecular weight is 512 g/mol. The van der Waals surface area contributed by atoms with E-state index in [1.165, 1.54) is 11.1 Å². The molecule has 4 rings (SSSR count). The number of likely N-dealkylation sites (tertiary alicyclic amines) is 1. The number of unbranched alkanes of at least 4 members (excludes halogenated alkanes) is 1. The molecule has 2 aliphatic rings. The molecule has 2 aromatic rings. The highest BCUT2D eigenvalue weighted by Gasteiger charge is 2.51. The average Bonchev–Trinajstić information content (AvgIpc) is 3.30. The third-order valence-corrected chi connectivity index (χ3v) is 9.01. The number of hydrogen-bond acceptors (Lipinski definition) is 5. The van der Waals surface area contributed by atoms with Crippen molar-refractivity contribution in [2.45, 2.75) is 68.6 Å². The maximum Gasteiger partial charge on any atom is 0.324 e. The van der Waals surface area contributed by atoms with Crippen molar-refractivity contribution in [2.24, 2.45) is 0 Å². The molecule has 0 spiro atoms. The topological polar surface area (TPSA) is 62.8 Å². The van der Waals surface area contributed by atoms with E-state index in [2.05, 4.69) is 70.4 Å². The number of benzene rings is 2. The van der Waals surface area contributed by atoms with E-state index >= 15 is 0 Å². The second-order valence-corrected chi connectivity index (χ2v) is 11.1. The van der Waals surface area contributed by atoms with Crippen molar-refractivity contribution >= 4 is 18.0 Å². The SMILES string of the molecule is CCCCNC(=O)NSC1CCC2(c3ccc(OC)c(OC)c3)CCN(CCc3ccccc3)C2C1. The van der Waals surface area contributed by atoms with Crippen molar-refractivity contribution in [3.63, 3.8) is 0 Å². The van der Waals surface area contributed by atoms with E-state index in [9.17, 15) is 4.79 Å². The van der Waals surface area contributed by atoms with Gasteiger partial charge in [-0.05, 0) is 80.3 Å². The van der Waals surface area contributed by atoms with Crippen molar-refractivity contribution in [3.05, 3.63) is 59.7 Å². The van der Waals surface area contributed by atoms with Crippen molar-refractivity contribution in [1.29, 1.82) is 0 Å². The summed E-state index contributed by atoms with van der Waals surface area (Å²) >= 11 is 1.60. The molecule has 2 aromatic carbocycles. The molecule has 1 saturated carbocycles. The molecular weight excluding hydrogens is 470 g/mol. The minimum Gasteiger partial charge on any atom is -0.493 e. The fraction of sp³-hybridized carbons (Fsp3) is 0.552. The van der Waals surface area contributed by atoms with Crippen LogP contribution < -0.4 is 19.5 Å². The number of carbonyl (C=O) groups excluding carboxylic acids is 1. The predicted molar refractivity (Wildman–Crippen MR) is 148 cm³/mol. The summed E-state index contributed by atoms with van der Waals surface area (Å²) in [4.78, 5) is 14.9. The number of methoxy groups -OCH3 is 2. The molecule has 1 heterocycles. The fourth-order valence-electron chi connectivity index (χ4n) is 5.94. The lowest BCUT2D eigenvalue weighted by molar-refractivity contribution is 0.161. The molecule has 7 heteroatoms. The summed E-state index contributed by atoms with van der Waals surface area (Å²) in [6.45, 7) is 5.00. The summed E-state index contributed by atoms with van der Waals surface area (Å²) in [5, 5.41) is 3.37. The van der Waals surface area contributed by atoms with E-state index in [0.717, 1.165) is 76.1 Å². The van der Waals surface area contributed by atoms with E-state index in [1.54, 1.807) is 26.2 Å². The van der Waals surface area contributed by atoms with Crippen molar-refractivity contribution in [3.8, 4) is 11.5 Å². The summed E-state index contributed by atoms with van der Waals surface area (Å²) in [7, 11) is 3.40. The molecule has 196 valence electrons. The Morgan fingerprint density at radius 1 is 1.11 bits per heavy atom. The number of rotatable bonds is 11. The van der Waals surface area contributed by atoms with Gasteiger partial charge in [0, 0.05) is 29.8 Å². The molecule has 2 N–H and O–H groups in total. The summed E-state index contributed by atoms with van der Waals surface area (Å²) < 4.78 is 14.3. The van der Waals surface area contributed by atoms with Crippen LogP contribution in [0, 0.1) is 0 Å². The Morgan fingerprint density at radius 2 is 1.92 bits per heavy atom. The smallest absolute Gasteiger partial charge is 0.324 e. The molecule has 0 bridgehead atoms. The van der Waals surface area contributed by atoms with Crippen LogP contribution in [0.15, 0.2) is 48.5 Å².